The first-order valence-electron chi connectivity index (χ1n) is 7.23. The molecule has 2 aromatic rings. The van der Waals surface area contributed by atoms with Crippen LogP contribution >= 0.6 is 11.7 Å². The van der Waals surface area contributed by atoms with Gasteiger partial charge in [-0.2, -0.15) is 8.75 Å². The molecule has 1 fully saturated rings. The van der Waals surface area contributed by atoms with E-state index in [1.165, 1.54) is 6.20 Å². The summed E-state index contributed by atoms with van der Waals surface area (Å²) >= 11 is 1.07. The predicted octanol–water partition coefficient (Wildman–Crippen LogP) is 1.50. The molecule has 0 aliphatic carbocycles. The maximum Gasteiger partial charge on any atom is 0.310 e. The number of hydrogen-bond donors (Lipinski definition) is 0. The Kier molecular flexibility index (Phi) is 4.28. The standard InChI is InChI=1S/C14H16N4O3S/c1-2-21-14(20)9-4-3-5-18(8-9)13(19)10-6-11-12(15-7-10)17-22-16-11/h6-7,9H,2-5,8H2,1H3. The van der Waals surface area contributed by atoms with Gasteiger partial charge in [0.25, 0.3) is 5.91 Å². The monoisotopic (exact) mass is 320 g/mol. The van der Waals surface area contributed by atoms with Crippen molar-refractivity contribution in [3.63, 3.8) is 0 Å². The van der Waals surface area contributed by atoms with Crippen LogP contribution in [0.25, 0.3) is 11.2 Å². The minimum atomic E-state index is -0.240. The molecule has 1 unspecified atom stereocenters. The summed E-state index contributed by atoms with van der Waals surface area (Å²) in [6.07, 6.45) is 3.07. The smallest absolute Gasteiger partial charge is 0.310 e. The minimum absolute atomic E-state index is 0.128. The van der Waals surface area contributed by atoms with Gasteiger partial charge in [-0.25, -0.2) is 4.98 Å². The van der Waals surface area contributed by atoms with Gasteiger partial charge < -0.3 is 9.64 Å². The van der Waals surface area contributed by atoms with Crippen molar-refractivity contribution in [2.24, 2.45) is 5.92 Å². The molecule has 0 radical (unpaired) electrons. The second-order valence-corrected chi connectivity index (χ2v) is 5.70. The van der Waals surface area contributed by atoms with E-state index in [0.29, 0.717) is 36.4 Å². The molecule has 0 bridgehead atoms. The molecule has 2 aromatic heterocycles. The average Bonchev–Trinajstić information content (AvgIpc) is 3.02. The summed E-state index contributed by atoms with van der Waals surface area (Å²) in [4.78, 5) is 30.3. The van der Waals surface area contributed by atoms with E-state index in [0.717, 1.165) is 24.6 Å². The van der Waals surface area contributed by atoms with Crippen molar-refractivity contribution in [1.29, 1.82) is 0 Å². The first kappa shape index (κ1) is 14.8. The Bertz CT molecular complexity index is 702. The highest BCUT2D eigenvalue weighted by Gasteiger charge is 2.30. The molecule has 3 rings (SSSR count). The quantitative estimate of drug-likeness (QED) is 0.797. The SMILES string of the molecule is CCOC(=O)C1CCCN(C(=O)c2cnc3nsnc3c2)C1. The molecule has 7 nitrogen and oxygen atoms in total. The highest BCUT2D eigenvalue weighted by molar-refractivity contribution is 7.00. The lowest BCUT2D eigenvalue weighted by Crippen LogP contribution is -2.42. The summed E-state index contributed by atoms with van der Waals surface area (Å²) in [6, 6.07) is 1.70. The molecule has 0 spiro atoms. The van der Waals surface area contributed by atoms with Gasteiger partial charge in [0.15, 0.2) is 5.65 Å². The summed E-state index contributed by atoms with van der Waals surface area (Å²) in [5.74, 6) is -0.594. The maximum atomic E-state index is 12.6. The lowest BCUT2D eigenvalue weighted by Gasteiger charge is -2.31. The van der Waals surface area contributed by atoms with Crippen LogP contribution in [0.2, 0.25) is 0 Å². The molecule has 1 aliphatic heterocycles. The number of fused-ring (bicyclic) bond motifs is 1. The van der Waals surface area contributed by atoms with Crippen LogP contribution in [-0.4, -0.2) is 50.2 Å². The molecule has 1 saturated heterocycles. The number of aromatic nitrogens is 3. The Morgan fingerprint density at radius 1 is 1.45 bits per heavy atom. The van der Waals surface area contributed by atoms with Crippen LogP contribution in [0.4, 0.5) is 0 Å². The first-order valence-corrected chi connectivity index (χ1v) is 7.96. The molecule has 1 atom stereocenters. The van der Waals surface area contributed by atoms with Gasteiger partial charge in [0.1, 0.15) is 5.52 Å². The Labute approximate surface area is 131 Å². The fraction of sp³-hybridized carbons (Fsp3) is 0.500. The molecular weight excluding hydrogens is 304 g/mol. The van der Waals surface area contributed by atoms with Crippen LogP contribution < -0.4 is 0 Å². The highest BCUT2D eigenvalue weighted by atomic mass is 32.1. The lowest BCUT2D eigenvalue weighted by molar-refractivity contribution is -0.149. The Morgan fingerprint density at radius 2 is 2.32 bits per heavy atom. The van der Waals surface area contributed by atoms with Crippen molar-refractivity contribution in [3.8, 4) is 0 Å². The van der Waals surface area contributed by atoms with Gasteiger partial charge in [0.05, 0.1) is 29.8 Å². The molecule has 1 aliphatic rings. The number of carbonyl (C=O) groups excluding carboxylic acids is 2. The number of carbonyl (C=O) groups is 2. The van der Waals surface area contributed by atoms with Gasteiger partial charge in [0, 0.05) is 19.3 Å². The van der Waals surface area contributed by atoms with E-state index >= 15 is 0 Å². The lowest BCUT2D eigenvalue weighted by atomic mass is 9.97. The second-order valence-electron chi connectivity index (χ2n) is 5.17. The predicted molar refractivity (Wildman–Crippen MR) is 80.5 cm³/mol. The molecule has 0 aromatic carbocycles. The van der Waals surface area contributed by atoms with Crippen LogP contribution in [-0.2, 0) is 9.53 Å². The Morgan fingerprint density at radius 3 is 3.14 bits per heavy atom. The van der Waals surface area contributed by atoms with E-state index in [9.17, 15) is 9.59 Å². The summed E-state index contributed by atoms with van der Waals surface area (Å²) in [5, 5.41) is 0. The van der Waals surface area contributed by atoms with Gasteiger partial charge in [-0.1, -0.05) is 0 Å². The molecule has 1 amide bonds. The number of amides is 1. The fourth-order valence-corrected chi connectivity index (χ4v) is 3.08. The normalized spacial score (nSPS) is 18.4. The number of hydrogen-bond acceptors (Lipinski definition) is 7. The number of esters is 1. The van der Waals surface area contributed by atoms with E-state index in [1.807, 2.05) is 0 Å². The summed E-state index contributed by atoms with van der Waals surface area (Å²) < 4.78 is 13.2. The van der Waals surface area contributed by atoms with Crippen molar-refractivity contribution in [2.45, 2.75) is 19.8 Å². The average molecular weight is 320 g/mol. The van der Waals surface area contributed by atoms with Crippen molar-refractivity contribution in [3.05, 3.63) is 17.8 Å². The van der Waals surface area contributed by atoms with Gasteiger partial charge in [-0.05, 0) is 25.8 Å². The zero-order valence-corrected chi connectivity index (χ0v) is 13.0. The van der Waals surface area contributed by atoms with E-state index < -0.39 is 0 Å². The van der Waals surface area contributed by atoms with Gasteiger partial charge in [-0.3, -0.25) is 9.59 Å². The first-order chi connectivity index (χ1) is 10.7. The summed E-state index contributed by atoms with van der Waals surface area (Å²) in [7, 11) is 0. The molecule has 0 saturated carbocycles. The third-order valence-electron chi connectivity index (χ3n) is 3.69. The number of nitrogens with zero attached hydrogens (tertiary/aromatic N) is 4. The number of piperidine rings is 1. The van der Waals surface area contributed by atoms with Crippen LogP contribution in [0.3, 0.4) is 0 Å². The summed E-state index contributed by atoms with van der Waals surface area (Å²) in [6.45, 7) is 3.18. The van der Waals surface area contributed by atoms with Crippen LogP contribution in [0.1, 0.15) is 30.1 Å². The molecular formula is C14H16N4O3S. The molecule has 0 N–H and O–H groups in total. The molecule has 22 heavy (non-hydrogen) atoms. The number of ether oxygens (including phenoxy) is 1. The minimum Gasteiger partial charge on any atom is -0.466 e. The van der Waals surface area contributed by atoms with Gasteiger partial charge in [0.2, 0.25) is 0 Å². The molecule has 8 heteroatoms. The van der Waals surface area contributed by atoms with Crippen LogP contribution in [0.15, 0.2) is 12.3 Å². The van der Waals surface area contributed by atoms with Crippen molar-refractivity contribution in [1.82, 2.24) is 18.6 Å². The number of rotatable bonds is 3. The van der Waals surface area contributed by atoms with Crippen molar-refractivity contribution >= 4 is 34.8 Å². The van der Waals surface area contributed by atoms with Crippen molar-refractivity contribution < 1.29 is 14.3 Å². The second kappa shape index (κ2) is 6.35. The Hall–Kier alpha value is -2.09. The van der Waals surface area contributed by atoms with E-state index in [4.69, 9.17) is 4.74 Å². The molecule has 3 heterocycles. The van der Waals surface area contributed by atoms with Crippen LogP contribution in [0.5, 0.6) is 0 Å². The third-order valence-corrected chi connectivity index (χ3v) is 4.22. The number of pyridine rings is 1. The van der Waals surface area contributed by atoms with Crippen molar-refractivity contribution in [2.75, 3.05) is 19.7 Å². The number of likely N-dealkylation sites (tertiary alicyclic amines) is 1. The Balaban J connectivity index is 1.74. The molecule has 116 valence electrons. The zero-order valence-electron chi connectivity index (χ0n) is 12.2. The third kappa shape index (κ3) is 2.92. The maximum absolute atomic E-state index is 12.6. The zero-order chi connectivity index (χ0) is 15.5. The summed E-state index contributed by atoms with van der Waals surface area (Å²) in [5.41, 5.74) is 1.64. The fourth-order valence-electron chi connectivity index (χ4n) is 2.60. The van der Waals surface area contributed by atoms with Crippen LogP contribution in [0, 0.1) is 5.92 Å². The van der Waals surface area contributed by atoms with Gasteiger partial charge in [-0.15, -0.1) is 0 Å². The van der Waals surface area contributed by atoms with E-state index in [1.54, 1.807) is 17.9 Å². The van der Waals surface area contributed by atoms with Gasteiger partial charge >= 0.3 is 5.97 Å². The van der Waals surface area contributed by atoms with E-state index in [2.05, 4.69) is 13.7 Å². The topological polar surface area (TPSA) is 85.3 Å². The van der Waals surface area contributed by atoms with E-state index in [-0.39, 0.29) is 17.8 Å². The highest BCUT2D eigenvalue weighted by Crippen LogP contribution is 2.20. The largest absolute Gasteiger partial charge is 0.466 e.